The van der Waals surface area contributed by atoms with Crippen molar-refractivity contribution in [2.75, 3.05) is 4.90 Å². The molecular formula is C68H41NO2S. The van der Waals surface area contributed by atoms with Gasteiger partial charge in [-0.05, 0) is 116 Å². The van der Waals surface area contributed by atoms with Crippen molar-refractivity contribution in [3.63, 3.8) is 0 Å². The fourth-order valence-corrected chi connectivity index (χ4v) is 14.4. The number of nitrogens with zero attached hydrogens (tertiary/aromatic N) is 1. The minimum atomic E-state index is -0.614. The Morgan fingerprint density at radius 3 is 1.60 bits per heavy atom. The smallest absolute Gasteiger partial charge is 0.143 e. The zero-order valence-corrected chi connectivity index (χ0v) is 39.7. The first-order valence-electron chi connectivity index (χ1n) is 24.7. The molecule has 0 radical (unpaired) electrons. The Hall–Kier alpha value is -8.83. The molecule has 0 atom stereocenters. The van der Waals surface area contributed by atoms with Gasteiger partial charge in [-0.3, -0.25) is 0 Å². The fraction of sp³-hybridized carbons (Fsp3) is 0.0294. The number of benzene rings is 11. The van der Waals surface area contributed by atoms with Crippen molar-refractivity contribution in [3.8, 4) is 44.9 Å². The summed E-state index contributed by atoms with van der Waals surface area (Å²) < 4.78 is 13.3. The van der Waals surface area contributed by atoms with E-state index >= 15 is 0 Å². The molecular weight excluding hydrogens is 895 g/mol. The van der Waals surface area contributed by atoms with Crippen LogP contribution in [0.25, 0.3) is 55.3 Å². The van der Waals surface area contributed by atoms with Crippen molar-refractivity contribution < 1.29 is 9.15 Å². The molecule has 0 saturated carbocycles. The summed E-state index contributed by atoms with van der Waals surface area (Å²) in [7, 11) is 0. The number of anilines is 3. The molecule has 2 spiro atoms. The summed E-state index contributed by atoms with van der Waals surface area (Å²) in [4.78, 5) is 5.10. The molecule has 4 heteroatoms. The second kappa shape index (κ2) is 14.8. The van der Waals surface area contributed by atoms with Crippen molar-refractivity contribution in [1.82, 2.24) is 0 Å². The van der Waals surface area contributed by atoms with Crippen LogP contribution >= 0.6 is 11.8 Å². The van der Waals surface area contributed by atoms with Crippen LogP contribution in [0.2, 0.25) is 0 Å². The highest BCUT2D eigenvalue weighted by Gasteiger charge is 2.53. The Kier molecular flexibility index (Phi) is 8.24. The molecule has 2 aliphatic carbocycles. The fourth-order valence-electron chi connectivity index (χ4n) is 13.2. The van der Waals surface area contributed by atoms with Crippen molar-refractivity contribution in [3.05, 3.63) is 293 Å². The average Bonchev–Trinajstić information content (AvgIpc) is 4.07. The average molecular weight is 936 g/mol. The maximum absolute atomic E-state index is 6.75. The Morgan fingerprint density at radius 1 is 0.347 bits per heavy atom. The van der Waals surface area contributed by atoms with Gasteiger partial charge >= 0.3 is 0 Å². The van der Waals surface area contributed by atoms with Crippen LogP contribution in [-0.2, 0) is 10.8 Å². The standard InChI is InChI=1S/C68H41NO2S/c1-4-22-51-46(17-1)50-41-44(39-40-53(50)67(51)56-26-8-13-33-63(56)72-64-34-14-9-27-57(64)67)69(43-37-35-42(36-38-43)45-20-15-21-48-47-18-3-10-30-60(47)71-66(45)48)59-29-16-28-58-65(59)49-19-2-5-23-52(49)68(58)54-24-6-11-31-61(54)70-62-32-12-7-25-55(62)68/h1-41H. The number of rotatable bonds is 4. The molecule has 3 heterocycles. The Bertz CT molecular complexity index is 4170. The first-order valence-corrected chi connectivity index (χ1v) is 25.6. The number of para-hydroxylation sites is 4. The van der Waals surface area contributed by atoms with Crippen LogP contribution in [0, 0.1) is 0 Å². The number of furan rings is 1. The van der Waals surface area contributed by atoms with Crippen LogP contribution < -0.4 is 9.64 Å². The van der Waals surface area contributed by atoms with Crippen LogP contribution in [0.15, 0.2) is 263 Å². The lowest BCUT2D eigenvalue weighted by molar-refractivity contribution is 0.436. The number of fused-ring (bicyclic) bond motifs is 21. The molecule has 2 aliphatic heterocycles. The second-order valence-corrected chi connectivity index (χ2v) is 20.5. The molecule has 16 rings (SSSR count). The normalized spacial score (nSPS) is 14.4. The van der Waals surface area contributed by atoms with Gasteiger partial charge in [0.25, 0.3) is 0 Å². The quantitative estimate of drug-likeness (QED) is 0.176. The third-order valence-electron chi connectivity index (χ3n) is 16.0. The van der Waals surface area contributed by atoms with Crippen LogP contribution in [0.5, 0.6) is 11.5 Å². The van der Waals surface area contributed by atoms with E-state index in [1.807, 2.05) is 17.8 Å². The van der Waals surface area contributed by atoms with Crippen molar-refractivity contribution >= 4 is 50.8 Å². The van der Waals surface area contributed by atoms with Gasteiger partial charge in [-0.1, -0.05) is 200 Å². The number of hydrogen-bond acceptors (Lipinski definition) is 4. The second-order valence-electron chi connectivity index (χ2n) is 19.4. The van der Waals surface area contributed by atoms with Gasteiger partial charge in [-0.15, -0.1) is 0 Å². The van der Waals surface area contributed by atoms with Gasteiger partial charge in [0.05, 0.1) is 16.5 Å². The van der Waals surface area contributed by atoms with Gasteiger partial charge in [-0.25, -0.2) is 0 Å². The van der Waals surface area contributed by atoms with Gasteiger partial charge in [0.15, 0.2) is 0 Å². The SMILES string of the molecule is c1ccc2c(c1)Oc1ccccc1C21c2ccccc2-c2c(N(c3ccc(-c4cccc5c4oc4ccccc45)cc3)c3ccc4c(c3)-c3ccccc3C43c4ccccc4Sc4ccccc43)cccc21. The molecule has 72 heavy (non-hydrogen) atoms. The highest BCUT2D eigenvalue weighted by Crippen LogP contribution is 2.66. The summed E-state index contributed by atoms with van der Waals surface area (Å²) in [5.74, 6) is 1.76. The van der Waals surface area contributed by atoms with Crippen molar-refractivity contribution in [2.45, 2.75) is 20.6 Å². The van der Waals surface area contributed by atoms with Crippen LogP contribution in [0.3, 0.4) is 0 Å². The van der Waals surface area contributed by atoms with E-state index in [-0.39, 0.29) is 0 Å². The molecule has 0 amide bonds. The van der Waals surface area contributed by atoms with Crippen molar-refractivity contribution in [1.29, 1.82) is 0 Å². The Morgan fingerprint density at radius 2 is 0.861 bits per heavy atom. The highest BCUT2D eigenvalue weighted by atomic mass is 32.2. The molecule has 11 aromatic carbocycles. The van der Waals surface area contributed by atoms with E-state index < -0.39 is 10.8 Å². The lowest BCUT2D eigenvalue weighted by Crippen LogP contribution is -2.32. The molecule has 0 unspecified atom stereocenters. The van der Waals surface area contributed by atoms with E-state index in [0.717, 1.165) is 72.8 Å². The molecule has 0 N–H and O–H groups in total. The van der Waals surface area contributed by atoms with E-state index in [0.29, 0.717) is 0 Å². The number of hydrogen-bond donors (Lipinski definition) is 0. The monoisotopic (exact) mass is 935 g/mol. The van der Waals surface area contributed by atoms with E-state index in [9.17, 15) is 0 Å². The van der Waals surface area contributed by atoms with Gasteiger partial charge in [0.1, 0.15) is 22.7 Å². The minimum Gasteiger partial charge on any atom is -0.457 e. The number of ether oxygens (including phenoxy) is 1. The molecule has 0 saturated heterocycles. The van der Waals surface area contributed by atoms with Crippen LogP contribution in [0.1, 0.15) is 44.5 Å². The lowest BCUT2D eigenvalue weighted by atomic mass is 9.66. The highest BCUT2D eigenvalue weighted by molar-refractivity contribution is 7.99. The summed E-state index contributed by atoms with van der Waals surface area (Å²) in [6.07, 6.45) is 0. The van der Waals surface area contributed by atoms with Gasteiger partial charge in [-0.2, -0.15) is 0 Å². The van der Waals surface area contributed by atoms with E-state index in [2.05, 4.69) is 248 Å². The lowest BCUT2D eigenvalue weighted by Gasteiger charge is -2.40. The topological polar surface area (TPSA) is 25.6 Å². The van der Waals surface area contributed by atoms with Crippen LogP contribution in [-0.4, -0.2) is 0 Å². The predicted octanol–water partition coefficient (Wildman–Crippen LogP) is 18.0. The van der Waals surface area contributed by atoms with Crippen LogP contribution in [0.4, 0.5) is 17.1 Å². The summed E-state index contributed by atoms with van der Waals surface area (Å²) >= 11 is 1.88. The Balaban J connectivity index is 0.958. The third kappa shape index (κ3) is 5.16. The largest absolute Gasteiger partial charge is 0.457 e. The summed E-state index contributed by atoms with van der Waals surface area (Å²) in [6, 6.07) is 91.6. The maximum Gasteiger partial charge on any atom is 0.143 e. The Labute approximate surface area is 421 Å². The van der Waals surface area contributed by atoms with E-state index in [1.165, 1.54) is 65.4 Å². The van der Waals surface area contributed by atoms with Gasteiger partial charge in [0, 0.05) is 54.2 Å². The zero-order chi connectivity index (χ0) is 47.1. The zero-order valence-electron chi connectivity index (χ0n) is 38.8. The molecule has 336 valence electrons. The van der Waals surface area contributed by atoms with E-state index in [4.69, 9.17) is 9.15 Å². The van der Waals surface area contributed by atoms with Crippen molar-refractivity contribution in [2.24, 2.45) is 0 Å². The molecule has 0 fully saturated rings. The summed E-state index contributed by atoms with van der Waals surface area (Å²) in [5.41, 5.74) is 21.1. The molecule has 4 aliphatic rings. The summed E-state index contributed by atoms with van der Waals surface area (Å²) in [5, 5.41) is 2.25. The third-order valence-corrected chi connectivity index (χ3v) is 17.2. The minimum absolute atomic E-state index is 0.476. The van der Waals surface area contributed by atoms with Gasteiger partial charge in [0.2, 0.25) is 0 Å². The maximum atomic E-state index is 6.75. The first-order chi connectivity index (χ1) is 35.7. The molecule has 12 aromatic rings. The predicted molar refractivity (Wildman–Crippen MR) is 293 cm³/mol. The van der Waals surface area contributed by atoms with E-state index in [1.54, 1.807) is 0 Å². The first kappa shape index (κ1) is 40.0. The van der Waals surface area contributed by atoms with Gasteiger partial charge < -0.3 is 14.1 Å². The molecule has 3 nitrogen and oxygen atoms in total. The molecule has 0 bridgehead atoms. The summed E-state index contributed by atoms with van der Waals surface area (Å²) in [6.45, 7) is 0. The molecule has 1 aromatic heterocycles.